The van der Waals surface area contributed by atoms with Crippen molar-refractivity contribution in [2.45, 2.75) is 34.1 Å². The lowest BCUT2D eigenvalue weighted by Gasteiger charge is -2.26. The molecule has 0 saturated carbocycles. The van der Waals surface area contributed by atoms with E-state index in [1.807, 2.05) is 31.2 Å². The SMILES string of the molecule is CCN(C(=O)COc1nc2ccccc2o1)C1=CC(C)C(C)(C)C1. The number of carbonyl (C=O) groups is 1. The number of para-hydroxylation sites is 2. The summed E-state index contributed by atoms with van der Waals surface area (Å²) in [6.45, 7) is 9.19. The standard InChI is InChI=1S/C19H24N2O3/c1-5-21(14-10-13(2)19(3,4)11-14)17(22)12-23-18-20-15-8-6-7-9-16(15)24-18/h6-10,13H,5,11-12H2,1-4H3. The highest BCUT2D eigenvalue weighted by Gasteiger charge is 2.34. The fourth-order valence-corrected chi connectivity index (χ4v) is 3.04. The average molecular weight is 328 g/mol. The van der Waals surface area contributed by atoms with Crippen molar-refractivity contribution in [3.63, 3.8) is 0 Å². The molecule has 1 unspecified atom stereocenters. The van der Waals surface area contributed by atoms with Gasteiger partial charge in [0, 0.05) is 12.2 Å². The van der Waals surface area contributed by atoms with Crippen molar-refractivity contribution in [3.05, 3.63) is 36.0 Å². The summed E-state index contributed by atoms with van der Waals surface area (Å²) >= 11 is 0. The lowest BCUT2D eigenvalue weighted by Crippen LogP contribution is -2.34. The first kappa shape index (κ1) is 16.6. The van der Waals surface area contributed by atoms with Crippen LogP contribution in [0, 0.1) is 11.3 Å². The van der Waals surface area contributed by atoms with Crippen LogP contribution in [0.1, 0.15) is 34.1 Å². The molecule has 0 saturated heterocycles. The summed E-state index contributed by atoms with van der Waals surface area (Å²) in [5.74, 6) is 0.378. The van der Waals surface area contributed by atoms with E-state index in [-0.39, 0.29) is 24.0 Å². The van der Waals surface area contributed by atoms with E-state index in [4.69, 9.17) is 9.15 Å². The van der Waals surface area contributed by atoms with E-state index in [0.29, 0.717) is 18.0 Å². The highest BCUT2D eigenvalue weighted by atomic mass is 16.6. The molecule has 1 atom stereocenters. The van der Waals surface area contributed by atoms with Crippen LogP contribution in [0.3, 0.4) is 0 Å². The molecule has 128 valence electrons. The van der Waals surface area contributed by atoms with Gasteiger partial charge in [-0.25, -0.2) is 0 Å². The predicted octanol–water partition coefficient (Wildman–Crippen LogP) is 4.01. The number of aromatic nitrogens is 1. The van der Waals surface area contributed by atoms with Gasteiger partial charge in [-0.1, -0.05) is 39.0 Å². The molecule has 5 heteroatoms. The van der Waals surface area contributed by atoms with Gasteiger partial charge in [-0.3, -0.25) is 4.79 Å². The molecule has 5 nitrogen and oxygen atoms in total. The number of hydrogen-bond acceptors (Lipinski definition) is 4. The third kappa shape index (κ3) is 3.16. The number of benzene rings is 1. The van der Waals surface area contributed by atoms with Crippen LogP contribution in [0.15, 0.2) is 40.5 Å². The smallest absolute Gasteiger partial charge is 0.395 e. The second-order valence-electron chi connectivity index (χ2n) is 6.99. The molecule has 0 N–H and O–H groups in total. The van der Waals surface area contributed by atoms with Crippen LogP contribution in [-0.2, 0) is 4.79 Å². The van der Waals surface area contributed by atoms with Gasteiger partial charge in [-0.05, 0) is 36.8 Å². The predicted molar refractivity (Wildman–Crippen MR) is 92.5 cm³/mol. The third-order valence-electron chi connectivity index (χ3n) is 4.87. The highest BCUT2D eigenvalue weighted by Crippen LogP contribution is 2.42. The second kappa shape index (κ2) is 6.30. The van der Waals surface area contributed by atoms with Crippen LogP contribution < -0.4 is 4.74 Å². The summed E-state index contributed by atoms with van der Waals surface area (Å²) in [6.07, 6.45) is 3.23. The molecule has 3 rings (SSSR count). The van der Waals surface area contributed by atoms with E-state index in [2.05, 4.69) is 31.8 Å². The van der Waals surface area contributed by atoms with Crippen LogP contribution >= 0.6 is 0 Å². The maximum Gasteiger partial charge on any atom is 0.395 e. The number of likely N-dealkylation sites (N-methyl/N-ethyl adjacent to an activating group) is 1. The topological polar surface area (TPSA) is 55.6 Å². The fourth-order valence-electron chi connectivity index (χ4n) is 3.04. The molecule has 0 fully saturated rings. The number of nitrogens with zero attached hydrogens (tertiary/aromatic N) is 2. The minimum absolute atomic E-state index is 0.0732. The summed E-state index contributed by atoms with van der Waals surface area (Å²) < 4.78 is 11.0. The van der Waals surface area contributed by atoms with Crippen molar-refractivity contribution in [1.29, 1.82) is 0 Å². The lowest BCUT2D eigenvalue weighted by atomic mass is 9.82. The van der Waals surface area contributed by atoms with Gasteiger partial charge in [0.25, 0.3) is 5.91 Å². The van der Waals surface area contributed by atoms with Gasteiger partial charge in [0.1, 0.15) is 5.52 Å². The third-order valence-corrected chi connectivity index (χ3v) is 4.87. The number of allylic oxidation sites excluding steroid dienone is 2. The molecular formula is C19H24N2O3. The van der Waals surface area contributed by atoms with E-state index in [9.17, 15) is 4.79 Å². The van der Waals surface area contributed by atoms with Gasteiger partial charge in [-0.15, -0.1) is 0 Å². The maximum atomic E-state index is 12.6. The monoisotopic (exact) mass is 328 g/mol. The van der Waals surface area contributed by atoms with E-state index < -0.39 is 0 Å². The summed E-state index contributed by atoms with van der Waals surface area (Å²) in [5, 5.41) is 0. The first-order valence-corrected chi connectivity index (χ1v) is 8.40. The number of amides is 1. The molecular weight excluding hydrogens is 304 g/mol. The van der Waals surface area contributed by atoms with Crippen molar-refractivity contribution >= 4 is 17.0 Å². The van der Waals surface area contributed by atoms with E-state index >= 15 is 0 Å². The maximum absolute atomic E-state index is 12.6. The second-order valence-corrected chi connectivity index (χ2v) is 6.99. The first-order valence-electron chi connectivity index (χ1n) is 8.40. The van der Waals surface area contributed by atoms with Gasteiger partial charge in [-0.2, -0.15) is 4.98 Å². The summed E-state index contributed by atoms with van der Waals surface area (Å²) in [4.78, 5) is 18.6. The largest absolute Gasteiger partial charge is 0.440 e. The molecule has 1 aromatic heterocycles. The normalized spacial score (nSPS) is 19.3. The Labute approximate surface area is 142 Å². The molecule has 0 radical (unpaired) electrons. The fraction of sp³-hybridized carbons (Fsp3) is 0.474. The van der Waals surface area contributed by atoms with Crippen molar-refractivity contribution in [2.75, 3.05) is 13.2 Å². The zero-order valence-electron chi connectivity index (χ0n) is 14.7. The summed E-state index contributed by atoms with van der Waals surface area (Å²) in [5.41, 5.74) is 2.65. The lowest BCUT2D eigenvalue weighted by molar-refractivity contribution is -0.131. The van der Waals surface area contributed by atoms with Gasteiger partial charge in [0.05, 0.1) is 0 Å². The minimum atomic E-state index is -0.0766. The molecule has 0 bridgehead atoms. The Morgan fingerprint density at radius 3 is 2.79 bits per heavy atom. The van der Waals surface area contributed by atoms with Crippen molar-refractivity contribution < 1.29 is 13.9 Å². The Kier molecular flexibility index (Phi) is 4.35. The molecule has 1 heterocycles. The molecule has 1 aliphatic rings. The Bertz CT molecular complexity index is 743. The van der Waals surface area contributed by atoms with Gasteiger partial charge < -0.3 is 14.1 Å². The quantitative estimate of drug-likeness (QED) is 0.832. The summed E-state index contributed by atoms with van der Waals surface area (Å²) in [6, 6.07) is 7.42. The van der Waals surface area contributed by atoms with Gasteiger partial charge in [0.15, 0.2) is 12.2 Å². The number of hydrogen-bond donors (Lipinski definition) is 0. The van der Waals surface area contributed by atoms with Crippen LogP contribution in [0.2, 0.25) is 0 Å². The Hall–Kier alpha value is -2.30. The zero-order valence-corrected chi connectivity index (χ0v) is 14.7. The highest BCUT2D eigenvalue weighted by molar-refractivity contribution is 5.79. The number of rotatable bonds is 5. The molecule has 1 amide bonds. The Morgan fingerprint density at radius 1 is 1.42 bits per heavy atom. The van der Waals surface area contributed by atoms with E-state index in [1.54, 1.807) is 4.90 Å². The average Bonchev–Trinajstić information content (AvgIpc) is 3.06. The van der Waals surface area contributed by atoms with Gasteiger partial charge >= 0.3 is 6.08 Å². The number of oxazole rings is 1. The number of fused-ring (bicyclic) bond motifs is 1. The van der Waals surface area contributed by atoms with Crippen LogP contribution in [0.25, 0.3) is 11.1 Å². The van der Waals surface area contributed by atoms with Crippen molar-refractivity contribution in [2.24, 2.45) is 11.3 Å². The molecule has 0 aliphatic heterocycles. The molecule has 1 aliphatic carbocycles. The van der Waals surface area contributed by atoms with Gasteiger partial charge in [0.2, 0.25) is 0 Å². The first-order chi connectivity index (χ1) is 11.4. The molecule has 0 spiro atoms. The van der Waals surface area contributed by atoms with E-state index in [1.165, 1.54) is 0 Å². The van der Waals surface area contributed by atoms with Crippen molar-refractivity contribution in [3.8, 4) is 6.08 Å². The molecule has 1 aromatic carbocycles. The molecule has 24 heavy (non-hydrogen) atoms. The zero-order chi connectivity index (χ0) is 17.3. The number of carbonyl (C=O) groups excluding carboxylic acids is 1. The Morgan fingerprint density at radius 2 is 2.17 bits per heavy atom. The molecule has 2 aromatic rings. The van der Waals surface area contributed by atoms with Crippen LogP contribution in [0.5, 0.6) is 6.08 Å². The van der Waals surface area contributed by atoms with E-state index in [0.717, 1.165) is 17.6 Å². The number of ether oxygens (including phenoxy) is 1. The van der Waals surface area contributed by atoms with Crippen LogP contribution in [-0.4, -0.2) is 28.9 Å². The Balaban J connectivity index is 1.66. The van der Waals surface area contributed by atoms with Crippen LogP contribution in [0.4, 0.5) is 0 Å². The minimum Gasteiger partial charge on any atom is -0.440 e. The van der Waals surface area contributed by atoms with Crippen molar-refractivity contribution in [1.82, 2.24) is 9.88 Å². The summed E-state index contributed by atoms with van der Waals surface area (Å²) in [7, 11) is 0.